The Labute approximate surface area is 186 Å². The zero-order valence-electron chi connectivity index (χ0n) is 17.7. The van der Waals surface area contributed by atoms with Crippen LogP contribution in [0.15, 0.2) is 78.9 Å². The zero-order chi connectivity index (χ0) is 22.9. The van der Waals surface area contributed by atoms with E-state index in [1.54, 1.807) is 54.4 Å². The lowest BCUT2D eigenvalue weighted by Crippen LogP contribution is -2.31. The summed E-state index contributed by atoms with van der Waals surface area (Å²) < 4.78 is 0. The van der Waals surface area contributed by atoms with Crippen molar-refractivity contribution in [2.45, 2.75) is 13.1 Å². The third-order valence-electron chi connectivity index (χ3n) is 4.78. The second kappa shape index (κ2) is 10.8. The second-order valence-electron chi connectivity index (χ2n) is 7.32. The molecule has 0 saturated heterocycles. The SMILES string of the molecule is CN(CC(=O)Nc1ccccc1C(=O)NCc1ccccc1)Cc1ccccc1[N+](=O)[O-]. The molecule has 0 heterocycles. The number of amides is 2. The number of hydrogen-bond donors (Lipinski definition) is 2. The minimum absolute atomic E-state index is 0.00597. The smallest absolute Gasteiger partial charge is 0.273 e. The number of rotatable bonds is 9. The summed E-state index contributed by atoms with van der Waals surface area (Å²) >= 11 is 0. The van der Waals surface area contributed by atoms with E-state index < -0.39 is 4.92 Å². The maximum Gasteiger partial charge on any atom is 0.273 e. The summed E-state index contributed by atoms with van der Waals surface area (Å²) in [4.78, 5) is 37.6. The van der Waals surface area contributed by atoms with Gasteiger partial charge >= 0.3 is 0 Å². The van der Waals surface area contributed by atoms with Gasteiger partial charge < -0.3 is 10.6 Å². The Balaban J connectivity index is 1.60. The Morgan fingerprint density at radius 3 is 2.34 bits per heavy atom. The summed E-state index contributed by atoms with van der Waals surface area (Å²) in [6.45, 7) is 0.621. The highest BCUT2D eigenvalue weighted by molar-refractivity contribution is 6.04. The van der Waals surface area contributed by atoms with E-state index in [-0.39, 0.29) is 30.6 Å². The van der Waals surface area contributed by atoms with Crippen LogP contribution < -0.4 is 10.6 Å². The maximum absolute atomic E-state index is 12.6. The van der Waals surface area contributed by atoms with Crippen LogP contribution in [0.3, 0.4) is 0 Å². The van der Waals surface area contributed by atoms with E-state index in [9.17, 15) is 19.7 Å². The molecule has 0 aliphatic carbocycles. The first-order valence-corrected chi connectivity index (χ1v) is 10.1. The third-order valence-corrected chi connectivity index (χ3v) is 4.78. The number of nitro groups is 1. The summed E-state index contributed by atoms with van der Waals surface area (Å²) in [6.07, 6.45) is 0. The van der Waals surface area contributed by atoms with E-state index in [2.05, 4.69) is 10.6 Å². The molecule has 3 rings (SSSR count). The summed E-state index contributed by atoms with van der Waals surface area (Å²) in [5.41, 5.74) is 2.27. The largest absolute Gasteiger partial charge is 0.348 e. The van der Waals surface area contributed by atoms with Gasteiger partial charge in [-0.2, -0.15) is 0 Å². The van der Waals surface area contributed by atoms with Crippen LogP contribution in [0.5, 0.6) is 0 Å². The first-order valence-electron chi connectivity index (χ1n) is 10.1. The van der Waals surface area contributed by atoms with Gasteiger partial charge in [-0.05, 0) is 24.7 Å². The van der Waals surface area contributed by atoms with Gasteiger partial charge in [0.05, 0.1) is 22.7 Å². The van der Waals surface area contributed by atoms with Crippen molar-refractivity contribution in [3.05, 3.63) is 106 Å². The minimum Gasteiger partial charge on any atom is -0.348 e. The maximum atomic E-state index is 12.6. The van der Waals surface area contributed by atoms with Gasteiger partial charge in [0.25, 0.3) is 11.6 Å². The molecule has 0 aromatic heterocycles. The molecule has 2 amide bonds. The number of carbonyl (C=O) groups is 2. The Morgan fingerprint density at radius 1 is 0.938 bits per heavy atom. The molecule has 0 saturated carbocycles. The summed E-state index contributed by atoms with van der Waals surface area (Å²) in [5, 5.41) is 16.8. The fraction of sp³-hybridized carbons (Fsp3) is 0.167. The van der Waals surface area contributed by atoms with E-state index in [0.717, 1.165) is 5.56 Å². The Morgan fingerprint density at radius 2 is 1.59 bits per heavy atom. The highest BCUT2D eigenvalue weighted by Crippen LogP contribution is 2.19. The molecule has 0 spiro atoms. The van der Waals surface area contributed by atoms with Crippen molar-refractivity contribution in [1.29, 1.82) is 0 Å². The molecular weight excluding hydrogens is 408 g/mol. The normalized spacial score (nSPS) is 10.6. The molecule has 164 valence electrons. The molecule has 0 atom stereocenters. The van der Waals surface area contributed by atoms with Crippen LogP contribution in [-0.4, -0.2) is 35.2 Å². The average molecular weight is 432 g/mol. The quantitative estimate of drug-likeness (QED) is 0.397. The van der Waals surface area contributed by atoms with Gasteiger partial charge in [0.15, 0.2) is 0 Å². The van der Waals surface area contributed by atoms with Crippen LogP contribution in [0.1, 0.15) is 21.5 Å². The van der Waals surface area contributed by atoms with Gasteiger partial charge in [0, 0.05) is 24.7 Å². The first kappa shape index (κ1) is 22.6. The monoisotopic (exact) mass is 432 g/mol. The third kappa shape index (κ3) is 6.23. The number of likely N-dealkylation sites (N-methyl/N-ethyl adjacent to an activating group) is 1. The fourth-order valence-electron chi connectivity index (χ4n) is 3.27. The van der Waals surface area contributed by atoms with Gasteiger partial charge in [0.2, 0.25) is 5.91 Å². The lowest BCUT2D eigenvalue weighted by molar-refractivity contribution is -0.385. The highest BCUT2D eigenvalue weighted by atomic mass is 16.6. The van der Waals surface area contributed by atoms with Crippen molar-refractivity contribution >= 4 is 23.2 Å². The molecule has 0 aliphatic rings. The standard InChI is InChI=1S/C24H24N4O4/c1-27(16-19-11-5-8-14-22(19)28(31)32)17-23(29)26-21-13-7-6-12-20(21)24(30)25-15-18-9-3-2-4-10-18/h2-14H,15-17H2,1H3,(H,25,30)(H,26,29). The Hall–Kier alpha value is -4.04. The van der Waals surface area contributed by atoms with Crippen molar-refractivity contribution in [3.8, 4) is 0 Å². The van der Waals surface area contributed by atoms with Crippen LogP contribution in [0, 0.1) is 10.1 Å². The summed E-state index contributed by atoms with van der Waals surface area (Å²) in [5.74, 6) is -0.618. The number of para-hydroxylation sites is 2. The van der Waals surface area contributed by atoms with Crippen LogP contribution in [0.25, 0.3) is 0 Å². The van der Waals surface area contributed by atoms with Crippen molar-refractivity contribution in [2.75, 3.05) is 18.9 Å². The number of nitro benzene ring substituents is 1. The number of nitrogens with zero attached hydrogens (tertiary/aromatic N) is 2. The molecule has 8 nitrogen and oxygen atoms in total. The number of carbonyl (C=O) groups excluding carboxylic acids is 2. The topological polar surface area (TPSA) is 105 Å². The number of nitrogens with one attached hydrogen (secondary N) is 2. The molecule has 32 heavy (non-hydrogen) atoms. The van der Waals surface area contributed by atoms with E-state index >= 15 is 0 Å². The van der Waals surface area contributed by atoms with Gasteiger partial charge in [-0.15, -0.1) is 0 Å². The highest BCUT2D eigenvalue weighted by Gasteiger charge is 2.17. The average Bonchev–Trinajstić information content (AvgIpc) is 2.78. The van der Waals surface area contributed by atoms with Gasteiger partial charge in [-0.3, -0.25) is 24.6 Å². The molecule has 0 fully saturated rings. The first-order chi connectivity index (χ1) is 15.4. The van der Waals surface area contributed by atoms with Crippen molar-refractivity contribution < 1.29 is 14.5 Å². The molecule has 2 N–H and O–H groups in total. The number of benzene rings is 3. The van der Waals surface area contributed by atoms with Crippen LogP contribution in [-0.2, 0) is 17.9 Å². The predicted octanol–water partition coefficient (Wildman–Crippen LogP) is 3.60. The Bertz CT molecular complexity index is 1100. The minimum atomic E-state index is -0.437. The van der Waals surface area contributed by atoms with Crippen LogP contribution >= 0.6 is 0 Å². The van der Waals surface area contributed by atoms with E-state index in [1.165, 1.54) is 6.07 Å². The molecular formula is C24H24N4O4. The van der Waals surface area contributed by atoms with E-state index in [1.807, 2.05) is 30.3 Å². The number of anilines is 1. The molecule has 0 radical (unpaired) electrons. The second-order valence-corrected chi connectivity index (χ2v) is 7.32. The molecule has 0 bridgehead atoms. The number of hydrogen-bond acceptors (Lipinski definition) is 5. The summed E-state index contributed by atoms with van der Waals surface area (Å²) in [7, 11) is 1.70. The van der Waals surface area contributed by atoms with E-state index in [0.29, 0.717) is 23.4 Å². The molecule has 8 heteroatoms. The predicted molar refractivity (Wildman–Crippen MR) is 122 cm³/mol. The van der Waals surface area contributed by atoms with Crippen LogP contribution in [0.4, 0.5) is 11.4 Å². The zero-order valence-corrected chi connectivity index (χ0v) is 17.7. The molecule has 3 aromatic carbocycles. The lowest BCUT2D eigenvalue weighted by atomic mass is 10.1. The molecule has 3 aromatic rings. The van der Waals surface area contributed by atoms with Crippen LogP contribution in [0.2, 0.25) is 0 Å². The van der Waals surface area contributed by atoms with Crippen molar-refractivity contribution in [3.63, 3.8) is 0 Å². The lowest BCUT2D eigenvalue weighted by Gasteiger charge is -2.17. The van der Waals surface area contributed by atoms with Crippen molar-refractivity contribution in [2.24, 2.45) is 0 Å². The van der Waals surface area contributed by atoms with Gasteiger partial charge in [0.1, 0.15) is 0 Å². The van der Waals surface area contributed by atoms with E-state index in [4.69, 9.17) is 0 Å². The fourth-order valence-corrected chi connectivity index (χ4v) is 3.27. The molecule has 0 unspecified atom stereocenters. The summed E-state index contributed by atoms with van der Waals surface area (Å²) in [6, 6.07) is 22.7. The van der Waals surface area contributed by atoms with Gasteiger partial charge in [-0.1, -0.05) is 60.7 Å². The molecule has 0 aliphatic heterocycles. The Kier molecular flexibility index (Phi) is 7.66. The van der Waals surface area contributed by atoms with Gasteiger partial charge in [-0.25, -0.2) is 0 Å². The van der Waals surface area contributed by atoms with Crippen molar-refractivity contribution in [1.82, 2.24) is 10.2 Å².